The number of aliphatic hydroxyl groups is 1. The molecule has 1 aliphatic rings. The number of carbonyl (C=O) groups is 1. The van der Waals surface area contributed by atoms with Gasteiger partial charge in [-0.15, -0.1) is 11.8 Å². The molecule has 0 unspecified atom stereocenters. The van der Waals surface area contributed by atoms with Gasteiger partial charge in [-0.1, -0.05) is 44.5 Å². The summed E-state index contributed by atoms with van der Waals surface area (Å²) in [4.78, 5) is 16.9. The van der Waals surface area contributed by atoms with Gasteiger partial charge in [-0.2, -0.15) is 0 Å². The zero-order valence-electron chi connectivity index (χ0n) is 23.3. The highest BCUT2D eigenvalue weighted by Crippen LogP contribution is 2.35. The van der Waals surface area contributed by atoms with E-state index in [9.17, 15) is 18.7 Å². The van der Waals surface area contributed by atoms with Crippen molar-refractivity contribution in [1.29, 1.82) is 0 Å². The molecule has 0 radical (unpaired) electrons. The average Bonchev–Trinajstić information content (AvgIpc) is 2.95. The molecule has 5 nitrogen and oxygen atoms in total. The molecule has 0 saturated heterocycles. The quantitative estimate of drug-likeness (QED) is 0.246. The Kier molecular flexibility index (Phi) is 11.0. The molecule has 0 aliphatic carbocycles. The fraction of sp³-hybridized carbons (Fsp3) is 0.406. The lowest BCUT2D eigenvalue weighted by molar-refractivity contribution is 0.0830. The van der Waals surface area contributed by atoms with E-state index in [0.717, 1.165) is 60.3 Å². The van der Waals surface area contributed by atoms with Crippen LogP contribution in [0.3, 0.4) is 0 Å². The predicted octanol–water partition coefficient (Wildman–Crippen LogP) is 5.73. The summed E-state index contributed by atoms with van der Waals surface area (Å²) < 4.78 is 27.9. The van der Waals surface area contributed by atoms with Gasteiger partial charge in [-0.3, -0.25) is 4.79 Å². The van der Waals surface area contributed by atoms with Gasteiger partial charge in [0.05, 0.1) is 17.8 Å². The molecule has 0 aromatic heterocycles. The molecule has 0 fully saturated rings. The number of aryl methyl sites for hydroxylation is 1. The lowest BCUT2D eigenvalue weighted by Gasteiger charge is -2.31. The van der Waals surface area contributed by atoms with Crippen LogP contribution < -0.4 is 15.5 Å². The number of benzene rings is 3. The molecule has 3 N–H and O–H groups in total. The predicted molar refractivity (Wildman–Crippen MR) is 159 cm³/mol. The fourth-order valence-electron chi connectivity index (χ4n) is 4.98. The number of thioether (sulfide) groups is 1. The van der Waals surface area contributed by atoms with E-state index < -0.39 is 23.8 Å². The van der Waals surface area contributed by atoms with Gasteiger partial charge in [-0.25, -0.2) is 8.78 Å². The van der Waals surface area contributed by atoms with Gasteiger partial charge in [0.25, 0.3) is 5.91 Å². The Bertz CT molecular complexity index is 1270. The minimum Gasteiger partial charge on any atom is -0.390 e. The molecule has 0 bridgehead atoms. The van der Waals surface area contributed by atoms with Gasteiger partial charge < -0.3 is 20.6 Å². The molecule has 3 aromatic carbocycles. The maximum atomic E-state index is 13.9. The molecule has 2 atom stereocenters. The molecule has 1 amide bonds. The summed E-state index contributed by atoms with van der Waals surface area (Å²) in [5.41, 5.74) is 4.24. The summed E-state index contributed by atoms with van der Waals surface area (Å²) in [7, 11) is 0. The Balaban J connectivity index is 1.49. The Morgan fingerprint density at radius 3 is 2.55 bits per heavy atom. The molecule has 4 rings (SSSR count). The summed E-state index contributed by atoms with van der Waals surface area (Å²) in [5.74, 6) is -0.702. The second-order valence-electron chi connectivity index (χ2n) is 10.3. The van der Waals surface area contributed by atoms with Crippen molar-refractivity contribution in [3.8, 4) is 0 Å². The lowest BCUT2D eigenvalue weighted by atomic mass is 10.00. The summed E-state index contributed by atoms with van der Waals surface area (Å²) in [6.45, 7) is 6.89. The number of rotatable bonds is 13. The van der Waals surface area contributed by atoms with Gasteiger partial charge in [0.2, 0.25) is 0 Å². The molecule has 0 saturated carbocycles. The number of fused-ring (bicyclic) bond motifs is 1. The van der Waals surface area contributed by atoms with Crippen molar-refractivity contribution in [3.63, 3.8) is 0 Å². The van der Waals surface area contributed by atoms with E-state index in [4.69, 9.17) is 0 Å². The van der Waals surface area contributed by atoms with Crippen LogP contribution in [0.5, 0.6) is 0 Å². The number of nitrogens with one attached hydrogen (secondary N) is 2. The number of carbonyl (C=O) groups excluding carboxylic acids is 1. The Hall–Kier alpha value is -2.94. The number of unbranched alkanes of at least 4 members (excludes halogenated alkanes) is 1. The molecule has 1 aliphatic heterocycles. The van der Waals surface area contributed by atoms with Crippen molar-refractivity contribution in [1.82, 2.24) is 10.6 Å². The fourth-order valence-corrected chi connectivity index (χ4v) is 6.01. The first-order chi connectivity index (χ1) is 19.4. The minimum atomic E-state index is -0.987. The van der Waals surface area contributed by atoms with Crippen LogP contribution in [-0.4, -0.2) is 48.5 Å². The molecule has 214 valence electrons. The van der Waals surface area contributed by atoms with Gasteiger partial charge in [0, 0.05) is 48.5 Å². The third-order valence-electron chi connectivity index (χ3n) is 7.20. The van der Waals surface area contributed by atoms with Crippen molar-refractivity contribution in [2.45, 2.75) is 63.1 Å². The largest absolute Gasteiger partial charge is 0.390 e. The van der Waals surface area contributed by atoms with Crippen LogP contribution in [0.2, 0.25) is 0 Å². The molecule has 0 spiro atoms. The third-order valence-corrected chi connectivity index (χ3v) is 8.25. The van der Waals surface area contributed by atoms with Crippen molar-refractivity contribution in [2.24, 2.45) is 0 Å². The highest BCUT2D eigenvalue weighted by Gasteiger charge is 2.25. The second-order valence-corrected chi connectivity index (χ2v) is 11.4. The normalized spacial score (nSPS) is 14.5. The monoisotopic (exact) mass is 567 g/mol. The van der Waals surface area contributed by atoms with Crippen LogP contribution in [-0.2, 0) is 19.4 Å². The van der Waals surface area contributed by atoms with Crippen molar-refractivity contribution >= 4 is 23.4 Å². The zero-order chi connectivity index (χ0) is 28.5. The third kappa shape index (κ3) is 8.29. The van der Waals surface area contributed by atoms with E-state index in [1.807, 2.05) is 24.3 Å². The second kappa shape index (κ2) is 14.6. The first-order valence-corrected chi connectivity index (χ1v) is 15.1. The molecule has 3 aromatic rings. The Morgan fingerprint density at radius 2 is 1.80 bits per heavy atom. The number of hydrogen-bond acceptors (Lipinski definition) is 5. The van der Waals surface area contributed by atoms with Crippen LogP contribution in [0.25, 0.3) is 0 Å². The summed E-state index contributed by atoms with van der Waals surface area (Å²) in [5, 5.41) is 17.4. The first kappa shape index (κ1) is 30.0. The van der Waals surface area contributed by atoms with E-state index in [-0.39, 0.29) is 18.9 Å². The maximum absolute atomic E-state index is 13.9. The zero-order valence-corrected chi connectivity index (χ0v) is 24.1. The van der Waals surface area contributed by atoms with Gasteiger partial charge in [-0.05, 0) is 66.3 Å². The molecule has 1 heterocycles. The Morgan fingerprint density at radius 1 is 1.02 bits per heavy atom. The summed E-state index contributed by atoms with van der Waals surface area (Å²) in [6.07, 6.45) is 2.20. The standard InChI is InChI=1S/C32H39F2N3O2S/c1-3-5-11-37-12-13-40-31-10-9-25(18-29(31)37)32(39)36-28(17-24-15-26(33)19-27(34)16-24)30(38)21-35-20-23-8-6-7-22(4-2)14-23/h6-10,14-16,18-19,28,30,35,38H,3-5,11-13,17,20-21H2,1-2H3,(H,36,39)/t28-,30+/m0/s1. The summed E-state index contributed by atoms with van der Waals surface area (Å²) in [6, 6.07) is 16.4. The van der Waals surface area contributed by atoms with Crippen LogP contribution >= 0.6 is 11.8 Å². The van der Waals surface area contributed by atoms with Crippen molar-refractivity contribution in [2.75, 3.05) is 30.3 Å². The van der Waals surface area contributed by atoms with Crippen LogP contribution in [0.15, 0.2) is 65.6 Å². The lowest BCUT2D eigenvalue weighted by Crippen LogP contribution is -2.48. The number of hydrogen-bond donors (Lipinski definition) is 3. The first-order valence-electron chi connectivity index (χ1n) is 14.1. The SMILES string of the molecule is CCCCN1CCSc2ccc(C(=O)N[C@@H](Cc3cc(F)cc(F)c3)[C@H](O)CNCc3cccc(CC)c3)cc21. The number of halogens is 2. The van der Waals surface area contributed by atoms with Crippen LogP contribution in [0.4, 0.5) is 14.5 Å². The van der Waals surface area contributed by atoms with E-state index in [2.05, 4.69) is 41.5 Å². The maximum Gasteiger partial charge on any atom is 0.251 e. The van der Waals surface area contributed by atoms with Gasteiger partial charge in [0.15, 0.2) is 0 Å². The van der Waals surface area contributed by atoms with E-state index >= 15 is 0 Å². The Labute approximate surface area is 240 Å². The number of nitrogens with zero attached hydrogens (tertiary/aromatic N) is 1. The topological polar surface area (TPSA) is 64.6 Å². The number of amides is 1. The van der Waals surface area contributed by atoms with E-state index in [1.165, 1.54) is 17.7 Å². The molecular formula is C32H39F2N3O2S. The number of anilines is 1. The highest BCUT2D eigenvalue weighted by atomic mass is 32.2. The van der Waals surface area contributed by atoms with Gasteiger partial charge >= 0.3 is 0 Å². The average molecular weight is 568 g/mol. The number of aliphatic hydroxyl groups excluding tert-OH is 1. The van der Waals surface area contributed by atoms with Crippen molar-refractivity contribution < 1.29 is 18.7 Å². The summed E-state index contributed by atoms with van der Waals surface area (Å²) >= 11 is 1.79. The molecule has 40 heavy (non-hydrogen) atoms. The van der Waals surface area contributed by atoms with E-state index in [0.29, 0.717) is 17.7 Å². The minimum absolute atomic E-state index is 0.0814. The van der Waals surface area contributed by atoms with Crippen molar-refractivity contribution in [3.05, 3.63) is 94.6 Å². The highest BCUT2D eigenvalue weighted by molar-refractivity contribution is 7.99. The molecular weight excluding hydrogens is 528 g/mol. The van der Waals surface area contributed by atoms with Crippen LogP contribution in [0, 0.1) is 11.6 Å². The van der Waals surface area contributed by atoms with Gasteiger partial charge in [0.1, 0.15) is 11.6 Å². The van der Waals surface area contributed by atoms with Crippen LogP contribution in [0.1, 0.15) is 53.7 Å². The smallest absolute Gasteiger partial charge is 0.251 e. The van der Waals surface area contributed by atoms with E-state index in [1.54, 1.807) is 17.8 Å². The molecule has 8 heteroatoms.